The van der Waals surface area contributed by atoms with Crippen LogP contribution in [0.2, 0.25) is 0 Å². The Labute approximate surface area is 117 Å². The SMILES string of the molecule is CC(C)C[C@H]1CC[C@@](O)(CC(C)C2OCCO2)CC1. The van der Waals surface area contributed by atoms with Crippen molar-refractivity contribution in [2.24, 2.45) is 17.8 Å². The molecule has 1 aliphatic heterocycles. The number of rotatable bonds is 5. The Morgan fingerprint density at radius 2 is 1.68 bits per heavy atom. The van der Waals surface area contributed by atoms with E-state index in [0.717, 1.165) is 31.1 Å². The molecule has 0 bridgehead atoms. The highest BCUT2D eigenvalue weighted by atomic mass is 16.7. The molecule has 2 aliphatic rings. The third kappa shape index (κ3) is 4.44. The molecule has 0 aromatic rings. The van der Waals surface area contributed by atoms with Crippen molar-refractivity contribution in [2.45, 2.75) is 71.2 Å². The number of aliphatic hydroxyl groups is 1. The molecule has 0 radical (unpaired) electrons. The third-order valence-electron chi connectivity index (χ3n) is 4.65. The fraction of sp³-hybridized carbons (Fsp3) is 1.00. The molecule has 0 aromatic heterocycles. The van der Waals surface area contributed by atoms with Gasteiger partial charge in [0.05, 0.1) is 18.8 Å². The highest BCUT2D eigenvalue weighted by Gasteiger charge is 2.37. The van der Waals surface area contributed by atoms with Gasteiger partial charge < -0.3 is 14.6 Å². The highest BCUT2D eigenvalue weighted by molar-refractivity contribution is 4.87. The van der Waals surface area contributed by atoms with Crippen molar-refractivity contribution in [3.05, 3.63) is 0 Å². The summed E-state index contributed by atoms with van der Waals surface area (Å²) in [5, 5.41) is 10.7. The van der Waals surface area contributed by atoms with Gasteiger partial charge in [0.1, 0.15) is 0 Å². The van der Waals surface area contributed by atoms with Gasteiger partial charge >= 0.3 is 0 Å². The maximum atomic E-state index is 10.7. The smallest absolute Gasteiger partial charge is 0.160 e. The van der Waals surface area contributed by atoms with E-state index in [9.17, 15) is 5.11 Å². The lowest BCUT2D eigenvalue weighted by Gasteiger charge is -2.38. The molecule has 2 rings (SSSR count). The highest BCUT2D eigenvalue weighted by Crippen LogP contribution is 2.39. The summed E-state index contributed by atoms with van der Waals surface area (Å²) in [4.78, 5) is 0. The van der Waals surface area contributed by atoms with Crippen molar-refractivity contribution in [3.63, 3.8) is 0 Å². The second-order valence-corrected chi connectivity index (χ2v) is 7.09. The van der Waals surface area contributed by atoms with Gasteiger partial charge in [-0.05, 0) is 50.4 Å². The van der Waals surface area contributed by atoms with Crippen LogP contribution in [0.1, 0.15) is 59.3 Å². The molecule has 1 atom stereocenters. The van der Waals surface area contributed by atoms with Gasteiger partial charge in [0.25, 0.3) is 0 Å². The molecule has 1 saturated heterocycles. The first-order valence-corrected chi connectivity index (χ1v) is 7.94. The number of hydrogen-bond donors (Lipinski definition) is 1. The standard InChI is InChI=1S/C16H30O3/c1-12(2)10-14-4-6-16(17,7-5-14)11-13(3)15-18-8-9-19-15/h12-15,17H,4-11H2,1-3H3/t13?,14-,16-. The predicted octanol–water partition coefficient (Wildman–Crippen LogP) is 3.35. The molecule has 2 fully saturated rings. The summed E-state index contributed by atoms with van der Waals surface area (Å²) in [7, 11) is 0. The van der Waals surface area contributed by atoms with Crippen LogP contribution in [-0.4, -0.2) is 30.2 Å². The van der Waals surface area contributed by atoms with Gasteiger partial charge in [0.2, 0.25) is 0 Å². The fourth-order valence-electron chi connectivity index (χ4n) is 3.72. The van der Waals surface area contributed by atoms with E-state index in [1.54, 1.807) is 0 Å². The van der Waals surface area contributed by atoms with E-state index in [4.69, 9.17) is 9.47 Å². The lowest BCUT2D eigenvalue weighted by Crippen LogP contribution is -2.38. The lowest BCUT2D eigenvalue weighted by molar-refractivity contribution is -0.111. The molecule has 0 aromatic carbocycles. The summed E-state index contributed by atoms with van der Waals surface area (Å²) in [5.74, 6) is 1.87. The molecule has 1 aliphatic carbocycles. The summed E-state index contributed by atoms with van der Waals surface area (Å²) >= 11 is 0. The summed E-state index contributed by atoms with van der Waals surface area (Å²) in [6, 6.07) is 0. The first kappa shape index (κ1) is 15.3. The Bertz CT molecular complexity index is 263. The van der Waals surface area contributed by atoms with Crippen molar-refractivity contribution in [1.82, 2.24) is 0 Å². The van der Waals surface area contributed by atoms with Crippen LogP contribution in [0.25, 0.3) is 0 Å². The zero-order valence-electron chi connectivity index (χ0n) is 12.7. The fourth-order valence-corrected chi connectivity index (χ4v) is 3.72. The second-order valence-electron chi connectivity index (χ2n) is 7.09. The molecule has 1 unspecified atom stereocenters. The number of hydrogen-bond acceptors (Lipinski definition) is 3. The van der Waals surface area contributed by atoms with Crippen molar-refractivity contribution >= 4 is 0 Å². The lowest BCUT2D eigenvalue weighted by atomic mass is 9.73. The minimum atomic E-state index is -0.484. The Morgan fingerprint density at radius 3 is 2.21 bits per heavy atom. The molecular weight excluding hydrogens is 240 g/mol. The molecule has 3 nitrogen and oxygen atoms in total. The average Bonchev–Trinajstić information content (AvgIpc) is 2.85. The van der Waals surface area contributed by atoms with Crippen molar-refractivity contribution in [3.8, 4) is 0 Å². The van der Waals surface area contributed by atoms with Crippen molar-refractivity contribution < 1.29 is 14.6 Å². The summed E-state index contributed by atoms with van der Waals surface area (Å²) < 4.78 is 11.1. The van der Waals surface area contributed by atoms with Gasteiger partial charge in [0, 0.05) is 5.92 Å². The van der Waals surface area contributed by atoms with Gasteiger partial charge in [-0.1, -0.05) is 20.8 Å². The van der Waals surface area contributed by atoms with E-state index in [1.807, 2.05) is 0 Å². The van der Waals surface area contributed by atoms with Gasteiger partial charge in [-0.15, -0.1) is 0 Å². The van der Waals surface area contributed by atoms with Gasteiger partial charge in [-0.25, -0.2) is 0 Å². The predicted molar refractivity (Wildman–Crippen MR) is 75.8 cm³/mol. The molecule has 0 spiro atoms. The Morgan fingerprint density at radius 1 is 1.11 bits per heavy atom. The van der Waals surface area contributed by atoms with Gasteiger partial charge in [0.15, 0.2) is 6.29 Å². The summed E-state index contributed by atoms with van der Waals surface area (Å²) in [5.41, 5.74) is -0.484. The summed E-state index contributed by atoms with van der Waals surface area (Å²) in [6.45, 7) is 8.11. The van der Waals surface area contributed by atoms with Crippen LogP contribution >= 0.6 is 0 Å². The molecule has 1 N–H and O–H groups in total. The zero-order valence-corrected chi connectivity index (χ0v) is 12.7. The van der Waals surface area contributed by atoms with Crippen molar-refractivity contribution in [1.29, 1.82) is 0 Å². The largest absolute Gasteiger partial charge is 0.390 e. The maximum absolute atomic E-state index is 10.7. The monoisotopic (exact) mass is 270 g/mol. The third-order valence-corrected chi connectivity index (χ3v) is 4.65. The summed E-state index contributed by atoms with van der Waals surface area (Å²) in [6.07, 6.45) is 6.26. The molecule has 3 heteroatoms. The van der Waals surface area contributed by atoms with E-state index < -0.39 is 5.60 Å². The van der Waals surface area contributed by atoms with Crippen LogP contribution in [0.15, 0.2) is 0 Å². The van der Waals surface area contributed by atoms with Crippen LogP contribution in [0.5, 0.6) is 0 Å². The quantitative estimate of drug-likeness (QED) is 0.832. The van der Waals surface area contributed by atoms with Crippen LogP contribution < -0.4 is 0 Å². The van der Waals surface area contributed by atoms with Crippen LogP contribution in [0.4, 0.5) is 0 Å². The van der Waals surface area contributed by atoms with Crippen molar-refractivity contribution in [2.75, 3.05) is 13.2 Å². The normalized spacial score (nSPS) is 34.9. The Hall–Kier alpha value is -0.120. The van der Waals surface area contributed by atoms with Gasteiger partial charge in [-0.2, -0.15) is 0 Å². The number of ether oxygens (including phenoxy) is 2. The van der Waals surface area contributed by atoms with E-state index in [0.29, 0.717) is 13.2 Å². The Kier molecular flexibility index (Phi) is 5.27. The van der Waals surface area contributed by atoms with E-state index in [1.165, 1.54) is 19.3 Å². The zero-order chi connectivity index (χ0) is 13.9. The molecule has 1 heterocycles. The first-order chi connectivity index (χ1) is 8.98. The van der Waals surface area contributed by atoms with E-state index >= 15 is 0 Å². The van der Waals surface area contributed by atoms with E-state index in [-0.39, 0.29) is 12.2 Å². The molecule has 19 heavy (non-hydrogen) atoms. The topological polar surface area (TPSA) is 38.7 Å². The average molecular weight is 270 g/mol. The molecule has 1 saturated carbocycles. The first-order valence-electron chi connectivity index (χ1n) is 7.94. The molecule has 112 valence electrons. The molecular formula is C16H30O3. The maximum Gasteiger partial charge on any atom is 0.160 e. The van der Waals surface area contributed by atoms with Crippen LogP contribution in [0, 0.1) is 17.8 Å². The minimum Gasteiger partial charge on any atom is -0.390 e. The van der Waals surface area contributed by atoms with Gasteiger partial charge in [-0.3, -0.25) is 0 Å². The van der Waals surface area contributed by atoms with Crippen LogP contribution in [-0.2, 0) is 9.47 Å². The van der Waals surface area contributed by atoms with Crippen LogP contribution in [0.3, 0.4) is 0 Å². The second kappa shape index (κ2) is 6.55. The Balaban J connectivity index is 1.77. The molecule has 0 amide bonds. The van der Waals surface area contributed by atoms with E-state index in [2.05, 4.69) is 20.8 Å². The minimum absolute atomic E-state index is 0.0996.